The van der Waals surface area contributed by atoms with Gasteiger partial charge in [-0.15, -0.1) is 0 Å². The van der Waals surface area contributed by atoms with E-state index in [0.717, 1.165) is 6.42 Å². The third-order valence-electron chi connectivity index (χ3n) is 5.52. The lowest BCUT2D eigenvalue weighted by Gasteiger charge is -2.34. The third kappa shape index (κ3) is 7.81. The smallest absolute Gasteiger partial charge is 0.0431 e. The second-order valence-corrected chi connectivity index (χ2v) is 8.01. The molecule has 0 aliphatic heterocycles. The zero-order chi connectivity index (χ0) is 16.3. The highest BCUT2D eigenvalue weighted by Crippen LogP contribution is 2.42. The Morgan fingerprint density at radius 1 is 0.818 bits per heavy atom. The fraction of sp³-hybridized carbons (Fsp3) is 0.905. The summed E-state index contributed by atoms with van der Waals surface area (Å²) in [5.41, 5.74) is 3.94. The summed E-state index contributed by atoms with van der Waals surface area (Å²) in [4.78, 5) is 0. The van der Waals surface area contributed by atoms with Gasteiger partial charge in [0.1, 0.15) is 0 Å². The van der Waals surface area contributed by atoms with Crippen molar-refractivity contribution < 1.29 is 5.11 Å². The van der Waals surface area contributed by atoms with Gasteiger partial charge in [0.25, 0.3) is 0 Å². The molecule has 1 nitrogen and oxygen atoms in total. The molecular formula is C21H40O. The molecule has 130 valence electrons. The molecule has 0 aromatic heterocycles. The van der Waals surface area contributed by atoms with Crippen molar-refractivity contribution in [2.75, 3.05) is 6.61 Å². The van der Waals surface area contributed by atoms with Crippen LogP contribution in [0.2, 0.25) is 0 Å². The number of hydrogen-bond acceptors (Lipinski definition) is 1. The molecule has 0 saturated heterocycles. The van der Waals surface area contributed by atoms with Crippen LogP contribution in [-0.4, -0.2) is 11.7 Å². The molecule has 0 saturated carbocycles. The number of aliphatic hydroxyl groups is 1. The Balaban J connectivity index is 1.99. The molecule has 0 atom stereocenters. The maximum atomic E-state index is 8.73. The Bertz CT molecular complexity index is 314. The van der Waals surface area contributed by atoms with Gasteiger partial charge in [0, 0.05) is 6.61 Å². The van der Waals surface area contributed by atoms with Crippen LogP contribution in [0.3, 0.4) is 0 Å². The summed E-state index contributed by atoms with van der Waals surface area (Å²) in [6, 6.07) is 0. The lowest BCUT2D eigenvalue weighted by atomic mass is 9.71. The van der Waals surface area contributed by atoms with Crippen molar-refractivity contribution in [3.8, 4) is 0 Å². The van der Waals surface area contributed by atoms with Crippen LogP contribution in [0.1, 0.15) is 111 Å². The number of aliphatic hydroxyl groups excluding tert-OH is 1. The first-order valence-corrected chi connectivity index (χ1v) is 9.88. The Kier molecular flexibility index (Phi) is 10.1. The molecule has 0 radical (unpaired) electrons. The van der Waals surface area contributed by atoms with Crippen molar-refractivity contribution >= 4 is 0 Å². The van der Waals surface area contributed by atoms with E-state index in [1.807, 2.05) is 0 Å². The highest BCUT2D eigenvalue weighted by molar-refractivity contribution is 5.22. The average molecular weight is 309 g/mol. The van der Waals surface area contributed by atoms with E-state index in [4.69, 9.17) is 5.11 Å². The van der Waals surface area contributed by atoms with Crippen LogP contribution in [0.25, 0.3) is 0 Å². The van der Waals surface area contributed by atoms with Crippen molar-refractivity contribution in [1.82, 2.24) is 0 Å². The van der Waals surface area contributed by atoms with Crippen LogP contribution in [-0.2, 0) is 0 Å². The standard InChI is InChI=1S/C21H40O/c1-19-15-14-17-21(2,3)20(19)16-12-10-8-6-4-5-7-9-11-13-18-22/h22H,4-18H2,1-3H3. The van der Waals surface area contributed by atoms with Crippen LogP contribution in [0, 0.1) is 5.41 Å². The van der Waals surface area contributed by atoms with E-state index in [2.05, 4.69) is 20.8 Å². The molecule has 22 heavy (non-hydrogen) atoms. The molecular weight excluding hydrogens is 268 g/mol. The fourth-order valence-electron chi connectivity index (χ4n) is 4.05. The molecule has 1 rings (SSSR count). The van der Waals surface area contributed by atoms with E-state index in [0.29, 0.717) is 12.0 Å². The van der Waals surface area contributed by atoms with Gasteiger partial charge in [-0.1, -0.05) is 76.4 Å². The molecule has 0 amide bonds. The van der Waals surface area contributed by atoms with Crippen molar-refractivity contribution in [3.05, 3.63) is 11.1 Å². The molecule has 0 bridgehead atoms. The van der Waals surface area contributed by atoms with E-state index >= 15 is 0 Å². The van der Waals surface area contributed by atoms with Gasteiger partial charge in [0.2, 0.25) is 0 Å². The minimum Gasteiger partial charge on any atom is -0.396 e. The number of allylic oxidation sites excluding steroid dienone is 2. The topological polar surface area (TPSA) is 20.2 Å². The summed E-state index contributed by atoms with van der Waals surface area (Å²) in [7, 11) is 0. The minimum atomic E-state index is 0.368. The molecule has 1 N–H and O–H groups in total. The van der Waals surface area contributed by atoms with Gasteiger partial charge in [-0.25, -0.2) is 0 Å². The van der Waals surface area contributed by atoms with E-state index < -0.39 is 0 Å². The molecule has 0 spiro atoms. The van der Waals surface area contributed by atoms with Gasteiger partial charge in [-0.2, -0.15) is 0 Å². The van der Waals surface area contributed by atoms with Gasteiger partial charge in [0.05, 0.1) is 0 Å². The maximum absolute atomic E-state index is 8.73. The quantitative estimate of drug-likeness (QED) is 0.310. The Hall–Kier alpha value is -0.300. The fourth-order valence-corrected chi connectivity index (χ4v) is 4.05. The molecule has 0 heterocycles. The molecule has 1 heteroatoms. The Labute approximate surface area is 139 Å². The highest BCUT2D eigenvalue weighted by Gasteiger charge is 2.27. The predicted molar refractivity (Wildman–Crippen MR) is 98.2 cm³/mol. The van der Waals surface area contributed by atoms with E-state index in [1.165, 1.54) is 83.5 Å². The number of unbranched alkanes of at least 4 members (excludes halogenated alkanes) is 9. The normalized spacial score (nSPS) is 18.0. The molecule has 0 fully saturated rings. The largest absolute Gasteiger partial charge is 0.396 e. The van der Waals surface area contributed by atoms with Crippen LogP contribution in [0.5, 0.6) is 0 Å². The molecule has 0 aromatic carbocycles. The number of rotatable bonds is 12. The first kappa shape index (κ1) is 19.7. The Morgan fingerprint density at radius 3 is 1.82 bits per heavy atom. The first-order valence-electron chi connectivity index (χ1n) is 9.88. The summed E-state index contributed by atoms with van der Waals surface area (Å²) < 4.78 is 0. The average Bonchev–Trinajstić information content (AvgIpc) is 2.47. The summed E-state index contributed by atoms with van der Waals surface area (Å²) >= 11 is 0. The van der Waals surface area contributed by atoms with Crippen LogP contribution in [0.15, 0.2) is 11.1 Å². The van der Waals surface area contributed by atoms with Crippen molar-refractivity contribution in [2.24, 2.45) is 5.41 Å². The van der Waals surface area contributed by atoms with Gasteiger partial charge >= 0.3 is 0 Å². The summed E-state index contributed by atoms with van der Waals surface area (Å²) in [6.45, 7) is 7.63. The maximum Gasteiger partial charge on any atom is 0.0431 e. The lowest BCUT2D eigenvalue weighted by molar-refractivity contribution is 0.282. The second kappa shape index (κ2) is 11.3. The molecule has 1 aliphatic rings. The SMILES string of the molecule is CC1=C(CCCCCCCCCCCCO)C(C)(C)CCC1. The summed E-state index contributed by atoms with van der Waals surface area (Å²) in [5.74, 6) is 0. The summed E-state index contributed by atoms with van der Waals surface area (Å²) in [5, 5.41) is 8.73. The molecule has 0 unspecified atom stereocenters. The minimum absolute atomic E-state index is 0.368. The number of hydrogen-bond donors (Lipinski definition) is 1. The van der Waals surface area contributed by atoms with E-state index in [1.54, 1.807) is 11.1 Å². The van der Waals surface area contributed by atoms with Gasteiger partial charge < -0.3 is 5.11 Å². The molecule has 1 aliphatic carbocycles. The zero-order valence-corrected chi connectivity index (χ0v) is 15.6. The van der Waals surface area contributed by atoms with Crippen molar-refractivity contribution in [1.29, 1.82) is 0 Å². The third-order valence-corrected chi connectivity index (χ3v) is 5.52. The van der Waals surface area contributed by atoms with Crippen molar-refractivity contribution in [3.63, 3.8) is 0 Å². The van der Waals surface area contributed by atoms with Gasteiger partial charge in [0.15, 0.2) is 0 Å². The Morgan fingerprint density at radius 2 is 1.32 bits per heavy atom. The van der Waals surface area contributed by atoms with E-state index in [-0.39, 0.29) is 0 Å². The summed E-state index contributed by atoms with van der Waals surface area (Å²) in [6.07, 6.45) is 18.8. The molecule has 0 aromatic rings. The van der Waals surface area contributed by atoms with Gasteiger partial charge in [-0.3, -0.25) is 0 Å². The first-order chi connectivity index (χ1) is 10.6. The second-order valence-electron chi connectivity index (χ2n) is 8.01. The van der Waals surface area contributed by atoms with Crippen LogP contribution >= 0.6 is 0 Å². The van der Waals surface area contributed by atoms with E-state index in [9.17, 15) is 0 Å². The van der Waals surface area contributed by atoms with Gasteiger partial charge in [-0.05, 0) is 50.9 Å². The predicted octanol–water partition coefficient (Wildman–Crippen LogP) is 6.80. The lowest BCUT2D eigenvalue weighted by Crippen LogP contribution is -2.20. The monoisotopic (exact) mass is 308 g/mol. The van der Waals surface area contributed by atoms with Crippen molar-refractivity contribution in [2.45, 2.75) is 111 Å². The van der Waals surface area contributed by atoms with Crippen LogP contribution < -0.4 is 0 Å². The zero-order valence-electron chi connectivity index (χ0n) is 15.6. The van der Waals surface area contributed by atoms with Crippen LogP contribution in [0.4, 0.5) is 0 Å². The highest BCUT2D eigenvalue weighted by atomic mass is 16.2.